The maximum absolute atomic E-state index is 9.62. The van der Waals surface area contributed by atoms with Gasteiger partial charge in [0.2, 0.25) is 0 Å². The summed E-state index contributed by atoms with van der Waals surface area (Å²) in [6, 6.07) is 0. The third-order valence-corrected chi connectivity index (χ3v) is 2.66. The van der Waals surface area contributed by atoms with Crippen molar-refractivity contribution in [3.8, 4) is 0 Å². The summed E-state index contributed by atoms with van der Waals surface area (Å²) in [4.78, 5) is 0. The van der Waals surface area contributed by atoms with Gasteiger partial charge in [0, 0.05) is 13.2 Å². The van der Waals surface area contributed by atoms with Gasteiger partial charge in [-0.3, -0.25) is 0 Å². The van der Waals surface area contributed by atoms with E-state index >= 15 is 0 Å². The van der Waals surface area contributed by atoms with E-state index in [4.69, 9.17) is 9.47 Å². The number of rotatable bonds is 14. The van der Waals surface area contributed by atoms with Gasteiger partial charge in [0.1, 0.15) is 0 Å². The summed E-state index contributed by atoms with van der Waals surface area (Å²) in [6.45, 7) is 8.30. The number of ether oxygens (including phenoxy) is 2. The van der Waals surface area contributed by atoms with Crippen LogP contribution in [0.15, 0.2) is 0 Å². The first-order valence-electron chi connectivity index (χ1n) is 7.35. The number of nitrogens with one attached hydrogen (secondary N) is 1. The quantitative estimate of drug-likeness (QED) is 0.469. The molecule has 0 rings (SSSR count). The van der Waals surface area contributed by atoms with Gasteiger partial charge in [-0.15, -0.1) is 0 Å². The van der Waals surface area contributed by atoms with Crippen molar-refractivity contribution in [3.05, 3.63) is 0 Å². The highest BCUT2D eigenvalue weighted by Gasteiger charge is 2.02. The molecule has 0 heterocycles. The summed E-state index contributed by atoms with van der Waals surface area (Å²) in [5.74, 6) is 0. The number of hydrogen-bond donors (Lipinski definition) is 2. The average Bonchev–Trinajstić information content (AvgIpc) is 2.37. The Morgan fingerprint density at radius 2 is 1.67 bits per heavy atom. The van der Waals surface area contributed by atoms with Crippen LogP contribution in [-0.2, 0) is 9.47 Å². The maximum Gasteiger partial charge on any atom is 0.0897 e. The molecule has 4 heteroatoms. The second-order valence-electron chi connectivity index (χ2n) is 4.61. The highest BCUT2D eigenvalue weighted by molar-refractivity contribution is 4.58. The van der Waals surface area contributed by atoms with Gasteiger partial charge in [0.25, 0.3) is 0 Å². The van der Waals surface area contributed by atoms with Gasteiger partial charge in [-0.05, 0) is 19.4 Å². The van der Waals surface area contributed by atoms with Gasteiger partial charge >= 0.3 is 0 Å². The monoisotopic (exact) mass is 261 g/mol. The molecule has 0 aliphatic rings. The Labute approximate surface area is 112 Å². The summed E-state index contributed by atoms with van der Waals surface area (Å²) >= 11 is 0. The van der Waals surface area contributed by atoms with E-state index in [2.05, 4.69) is 19.2 Å². The number of aliphatic hydroxyl groups excluding tert-OH is 1. The average molecular weight is 261 g/mol. The van der Waals surface area contributed by atoms with Crippen molar-refractivity contribution in [3.63, 3.8) is 0 Å². The third kappa shape index (κ3) is 13.9. The molecule has 110 valence electrons. The summed E-state index contributed by atoms with van der Waals surface area (Å²) in [7, 11) is 0. The van der Waals surface area contributed by atoms with Crippen LogP contribution in [0.1, 0.15) is 46.0 Å². The Balaban J connectivity index is 3.09. The molecule has 0 aromatic heterocycles. The van der Waals surface area contributed by atoms with Crippen LogP contribution in [-0.4, -0.2) is 50.7 Å². The second kappa shape index (κ2) is 14.9. The zero-order valence-corrected chi connectivity index (χ0v) is 12.1. The highest BCUT2D eigenvalue weighted by Crippen LogP contribution is 1.92. The first-order valence-corrected chi connectivity index (χ1v) is 7.35. The van der Waals surface area contributed by atoms with Crippen LogP contribution in [0.25, 0.3) is 0 Å². The topological polar surface area (TPSA) is 50.7 Å². The SMILES string of the molecule is CCCCCNCC(O)COCCOCCCC. The van der Waals surface area contributed by atoms with Crippen LogP contribution in [0.5, 0.6) is 0 Å². The van der Waals surface area contributed by atoms with Crippen molar-refractivity contribution in [2.75, 3.05) is 39.5 Å². The largest absolute Gasteiger partial charge is 0.389 e. The summed E-state index contributed by atoms with van der Waals surface area (Å²) in [5.41, 5.74) is 0. The highest BCUT2D eigenvalue weighted by atomic mass is 16.5. The van der Waals surface area contributed by atoms with Crippen LogP contribution < -0.4 is 5.32 Å². The minimum atomic E-state index is -0.415. The fraction of sp³-hybridized carbons (Fsp3) is 1.00. The standard InChI is InChI=1S/C14H31NO3/c1-3-5-7-8-15-12-14(16)13-18-11-10-17-9-6-4-2/h14-16H,3-13H2,1-2H3. The lowest BCUT2D eigenvalue weighted by molar-refractivity contribution is 0.00397. The fourth-order valence-corrected chi connectivity index (χ4v) is 1.51. The van der Waals surface area contributed by atoms with E-state index in [0.717, 1.165) is 26.0 Å². The van der Waals surface area contributed by atoms with Crippen molar-refractivity contribution in [2.45, 2.75) is 52.1 Å². The molecule has 0 aliphatic heterocycles. The Hall–Kier alpha value is -0.160. The summed E-state index contributed by atoms with van der Waals surface area (Å²) in [5, 5.41) is 12.8. The molecule has 18 heavy (non-hydrogen) atoms. The summed E-state index contributed by atoms with van der Waals surface area (Å²) < 4.78 is 10.7. The lowest BCUT2D eigenvalue weighted by Gasteiger charge is -2.12. The molecule has 1 atom stereocenters. The molecule has 0 aliphatic carbocycles. The van der Waals surface area contributed by atoms with Gasteiger partial charge < -0.3 is 19.9 Å². The minimum absolute atomic E-state index is 0.387. The molecule has 4 nitrogen and oxygen atoms in total. The number of aliphatic hydroxyl groups is 1. The van der Waals surface area contributed by atoms with E-state index in [1.165, 1.54) is 19.3 Å². The molecule has 2 N–H and O–H groups in total. The van der Waals surface area contributed by atoms with Gasteiger partial charge in [0.15, 0.2) is 0 Å². The van der Waals surface area contributed by atoms with Gasteiger partial charge in [0.05, 0.1) is 25.9 Å². The molecule has 0 aromatic carbocycles. The Morgan fingerprint density at radius 1 is 0.944 bits per heavy atom. The fourth-order valence-electron chi connectivity index (χ4n) is 1.51. The van der Waals surface area contributed by atoms with Gasteiger partial charge in [-0.1, -0.05) is 33.1 Å². The molecular weight excluding hydrogens is 230 g/mol. The maximum atomic E-state index is 9.62. The minimum Gasteiger partial charge on any atom is -0.389 e. The Kier molecular flexibility index (Phi) is 14.8. The lowest BCUT2D eigenvalue weighted by Crippen LogP contribution is -2.31. The van der Waals surface area contributed by atoms with Crippen molar-refractivity contribution in [1.82, 2.24) is 5.32 Å². The zero-order chi connectivity index (χ0) is 13.5. The van der Waals surface area contributed by atoms with Crippen molar-refractivity contribution >= 4 is 0 Å². The molecule has 0 saturated carbocycles. The normalized spacial score (nSPS) is 12.8. The predicted octanol–water partition coefficient (Wildman–Crippen LogP) is 1.96. The van der Waals surface area contributed by atoms with E-state index in [0.29, 0.717) is 26.4 Å². The van der Waals surface area contributed by atoms with E-state index in [9.17, 15) is 5.11 Å². The molecule has 0 fully saturated rings. The molecule has 0 saturated heterocycles. The molecule has 0 radical (unpaired) electrons. The molecule has 0 aromatic rings. The van der Waals surface area contributed by atoms with E-state index in [1.54, 1.807) is 0 Å². The Morgan fingerprint density at radius 3 is 2.39 bits per heavy atom. The van der Waals surface area contributed by atoms with Crippen LogP contribution in [0.2, 0.25) is 0 Å². The van der Waals surface area contributed by atoms with E-state index < -0.39 is 6.10 Å². The Bertz CT molecular complexity index is 156. The van der Waals surface area contributed by atoms with Crippen molar-refractivity contribution in [2.24, 2.45) is 0 Å². The van der Waals surface area contributed by atoms with E-state index in [1.807, 2.05) is 0 Å². The van der Waals surface area contributed by atoms with Crippen LogP contribution in [0.4, 0.5) is 0 Å². The van der Waals surface area contributed by atoms with Crippen LogP contribution in [0, 0.1) is 0 Å². The summed E-state index contributed by atoms with van der Waals surface area (Å²) in [6.07, 6.45) is 5.49. The number of hydrogen-bond acceptors (Lipinski definition) is 4. The van der Waals surface area contributed by atoms with E-state index in [-0.39, 0.29) is 0 Å². The van der Waals surface area contributed by atoms with Crippen LogP contribution >= 0.6 is 0 Å². The van der Waals surface area contributed by atoms with Gasteiger partial charge in [-0.25, -0.2) is 0 Å². The molecule has 0 bridgehead atoms. The third-order valence-electron chi connectivity index (χ3n) is 2.66. The van der Waals surface area contributed by atoms with Crippen molar-refractivity contribution in [1.29, 1.82) is 0 Å². The lowest BCUT2D eigenvalue weighted by atomic mass is 10.2. The molecule has 0 amide bonds. The first-order chi connectivity index (χ1) is 8.81. The second-order valence-corrected chi connectivity index (χ2v) is 4.61. The van der Waals surface area contributed by atoms with Crippen molar-refractivity contribution < 1.29 is 14.6 Å². The molecular formula is C14H31NO3. The van der Waals surface area contributed by atoms with Crippen LogP contribution in [0.3, 0.4) is 0 Å². The smallest absolute Gasteiger partial charge is 0.0897 e. The molecule has 0 spiro atoms. The molecule has 1 unspecified atom stereocenters. The first kappa shape index (κ1) is 17.8. The van der Waals surface area contributed by atoms with Gasteiger partial charge in [-0.2, -0.15) is 0 Å². The zero-order valence-electron chi connectivity index (χ0n) is 12.1. The number of unbranched alkanes of at least 4 members (excludes halogenated alkanes) is 3. The predicted molar refractivity (Wildman–Crippen MR) is 74.9 cm³/mol.